The van der Waals surface area contributed by atoms with E-state index < -0.39 is 23.7 Å². The van der Waals surface area contributed by atoms with E-state index in [0.717, 1.165) is 0 Å². The van der Waals surface area contributed by atoms with Crippen LogP contribution in [0.15, 0.2) is 0 Å². The van der Waals surface area contributed by atoms with Crippen molar-refractivity contribution < 1.29 is 24.2 Å². The number of carboxylic acids is 1. The molecule has 1 fully saturated rings. The highest BCUT2D eigenvalue weighted by atomic mass is 16.6. The number of carboxylic acid groups (broad SMARTS) is 1. The van der Waals surface area contributed by atoms with Crippen molar-refractivity contribution in [1.29, 1.82) is 0 Å². The van der Waals surface area contributed by atoms with E-state index in [4.69, 9.17) is 14.6 Å². The van der Waals surface area contributed by atoms with Crippen LogP contribution in [-0.4, -0.2) is 53.5 Å². The average Bonchev–Trinajstić information content (AvgIpc) is 2.15. The molecule has 1 amide bonds. The maximum atomic E-state index is 11.7. The number of morpholine rings is 1. The van der Waals surface area contributed by atoms with E-state index in [9.17, 15) is 9.59 Å². The molecule has 0 radical (unpaired) electrons. The third kappa shape index (κ3) is 4.58. The highest BCUT2D eigenvalue weighted by molar-refractivity contribution is 5.80. The molecule has 1 aliphatic rings. The Kier molecular flexibility index (Phi) is 5.37. The van der Waals surface area contributed by atoms with E-state index in [1.807, 2.05) is 0 Å². The van der Waals surface area contributed by atoms with Crippen LogP contribution in [0.4, 0.5) is 4.79 Å². The molecule has 0 aromatic rings. The predicted molar refractivity (Wildman–Crippen MR) is 60.2 cm³/mol. The molecule has 1 unspecified atom stereocenters. The van der Waals surface area contributed by atoms with Gasteiger partial charge in [0, 0.05) is 6.54 Å². The van der Waals surface area contributed by atoms with Gasteiger partial charge in [-0.25, -0.2) is 9.59 Å². The first-order chi connectivity index (χ1) is 7.31. The monoisotopic (exact) mass is 248 g/mol. The summed E-state index contributed by atoms with van der Waals surface area (Å²) < 4.78 is 10.1. The van der Waals surface area contributed by atoms with Gasteiger partial charge in [0.15, 0.2) is 6.04 Å². The molecule has 1 aliphatic heterocycles. The normalized spacial score (nSPS) is 20.4. The van der Waals surface area contributed by atoms with Crippen LogP contribution >= 0.6 is 0 Å². The second kappa shape index (κ2) is 5.83. The summed E-state index contributed by atoms with van der Waals surface area (Å²) in [7, 11) is 0. The lowest BCUT2D eigenvalue weighted by Gasteiger charge is -2.34. The van der Waals surface area contributed by atoms with Crippen molar-refractivity contribution >= 4 is 12.1 Å². The molecule has 0 aromatic heterocycles. The van der Waals surface area contributed by atoms with Crippen molar-refractivity contribution in [2.45, 2.75) is 32.4 Å². The Labute approximate surface area is 100 Å². The number of rotatable bonds is 1. The van der Waals surface area contributed by atoms with Crippen molar-refractivity contribution in [1.82, 2.24) is 11.1 Å². The number of carbonyl (C=O) groups is 2. The van der Waals surface area contributed by atoms with E-state index in [1.165, 1.54) is 4.90 Å². The summed E-state index contributed by atoms with van der Waals surface area (Å²) in [6.07, 6.45) is -0.608. The van der Waals surface area contributed by atoms with Crippen molar-refractivity contribution in [3.8, 4) is 0 Å². The summed E-state index contributed by atoms with van der Waals surface area (Å²) in [4.78, 5) is 23.8. The minimum Gasteiger partial charge on any atom is -0.480 e. The zero-order valence-electron chi connectivity index (χ0n) is 10.4. The van der Waals surface area contributed by atoms with Gasteiger partial charge in [-0.15, -0.1) is 0 Å². The summed E-state index contributed by atoms with van der Waals surface area (Å²) in [5, 5.41) is 8.93. The molecule has 0 bridgehead atoms. The maximum absolute atomic E-state index is 11.7. The highest BCUT2D eigenvalue weighted by Crippen LogP contribution is 2.14. The fourth-order valence-electron chi connectivity index (χ4n) is 1.35. The molecule has 7 nitrogen and oxygen atoms in total. The van der Waals surface area contributed by atoms with Gasteiger partial charge in [-0.1, -0.05) is 0 Å². The Bertz CT molecular complexity index is 287. The Hall–Kier alpha value is -1.34. The van der Waals surface area contributed by atoms with Crippen LogP contribution in [0.3, 0.4) is 0 Å². The molecule has 1 heterocycles. The van der Waals surface area contributed by atoms with Crippen LogP contribution in [0, 0.1) is 0 Å². The zero-order valence-corrected chi connectivity index (χ0v) is 10.4. The van der Waals surface area contributed by atoms with Crippen LogP contribution in [0.2, 0.25) is 0 Å². The van der Waals surface area contributed by atoms with Crippen LogP contribution in [0.1, 0.15) is 20.8 Å². The summed E-state index contributed by atoms with van der Waals surface area (Å²) in [5.41, 5.74) is -0.627. The van der Waals surface area contributed by atoms with Gasteiger partial charge < -0.3 is 20.7 Å². The number of ether oxygens (including phenoxy) is 2. The first-order valence-electron chi connectivity index (χ1n) is 5.11. The lowest BCUT2D eigenvalue weighted by atomic mass is 10.2. The van der Waals surface area contributed by atoms with E-state index >= 15 is 0 Å². The van der Waals surface area contributed by atoms with Crippen LogP contribution in [0.25, 0.3) is 0 Å². The van der Waals surface area contributed by atoms with E-state index in [2.05, 4.69) is 0 Å². The molecule has 0 aliphatic carbocycles. The molecule has 0 spiro atoms. The summed E-state index contributed by atoms with van der Waals surface area (Å²) in [5.74, 6) is -1.08. The van der Waals surface area contributed by atoms with Gasteiger partial charge in [0.1, 0.15) is 5.60 Å². The predicted octanol–water partition coefficient (Wildman–Crippen LogP) is 0.869. The van der Waals surface area contributed by atoms with Crippen LogP contribution < -0.4 is 6.15 Å². The minimum absolute atomic E-state index is 0. The van der Waals surface area contributed by atoms with Crippen LogP contribution in [0.5, 0.6) is 0 Å². The summed E-state index contributed by atoms with van der Waals surface area (Å²) in [6.45, 7) is 5.80. The summed E-state index contributed by atoms with van der Waals surface area (Å²) in [6, 6.07) is -0.955. The van der Waals surface area contributed by atoms with Crippen molar-refractivity contribution in [2.75, 3.05) is 19.8 Å². The number of aliphatic carboxylic acids is 1. The topological polar surface area (TPSA) is 111 Å². The lowest BCUT2D eigenvalue weighted by molar-refractivity contribution is -0.149. The Morgan fingerprint density at radius 1 is 1.41 bits per heavy atom. The second-order valence-corrected chi connectivity index (χ2v) is 4.60. The van der Waals surface area contributed by atoms with Gasteiger partial charge in [0.2, 0.25) is 0 Å². The molecule has 1 saturated heterocycles. The molecule has 0 aromatic carbocycles. The molecule has 0 saturated carbocycles. The van der Waals surface area contributed by atoms with Gasteiger partial charge in [-0.3, -0.25) is 4.90 Å². The maximum Gasteiger partial charge on any atom is 0.411 e. The first-order valence-corrected chi connectivity index (χ1v) is 5.11. The van der Waals surface area contributed by atoms with E-state index in [1.54, 1.807) is 20.8 Å². The van der Waals surface area contributed by atoms with Gasteiger partial charge in [0.25, 0.3) is 0 Å². The minimum atomic E-state index is -1.08. The number of nitrogens with zero attached hydrogens (tertiary/aromatic N) is 1. The van der Waals surface area contributed by atoms with E-state index in [0.29, 0.717) is 6.61 Å². The van der Waals surface area contributed by atoms with Gasteiger partial charge in [0.05, 0.1) is 13.2 Å². The Morgan fingerprint density at radius 2 is 2.00 bits per heavy atom. The fourth-order valence-corrected chi connectivity index (χ4v) is 1.35. The molecular weight excluding hydrogens is 228 g/mol. The van der Waals surface area contributed by atoms with Crippen LogP contribution in [-0.2, 0) is 14.3 Å². The van der Waals surface area contributed by atoms with Gasteiger partial charge in [-0.2, -0.15) is 0 Å². The Balaban J connectivity index is 0.00000256. The van der Waals surface area contributed by atoms with Crippen molar-refractivity contribution in [3.63, 3.8) is 0 Å². The third-order valence-electron chi connectivity index (χ3n) is 2.04. The molecular formula is C10H20N2O5. The molecule has 4 N–H and O–H groups in total. The largest absolute Gasteiger partial charge is 0.480 e. The number of hydrogen-bond donors (Lipinski definition) is 2. The standard InChI is InChI=1S/C10H17NO5.H3N/c1-10(2,3)16-9(14)11-4-5-15-6-7(11)8(12)13;/h7H,4-6H2,1-3H3,(H,12,13);1H3. The average molecular weight is 248 g/mol. The molecule has 17 heavy (non-hydrogen) atoms. The second-order valence-electron chi connectivity index (χ2n) is 4.60. The lowest BCUT2D eigenvalue weighted by Crippen LogP contribution is -2.53. The van der Waals surface area contributed by atoms with Gasteiger partial charge in [-0.05, 0) is 20.8 Å². The highest BCUT2D eigenvalue weighted by Gasteiger charge is 2.35. The molecule has 1 rings (SSSR count). The Morgan fingerprint density at radius 3 is 2.47 bits per heavy atom. The third-order valence-corrected chi connectivity index (χ3v) is 2.04. The number of hydrogen-bond acceptors (Lipinski definition) is 5. The van der Waals surface area contributed by atoms with Crippen molar-refractivity contribution in [3.05, 3.63) is 0 Å². The number of carbonyl (C=O) groups excluding carboxylic acids is 1. The fraction of sp³-hybridized carbons (Fsp3) is 0.800. The smallest absolute Gasteiger partial charge is 0.411 e. The van der Waals surface area contributed by atoms with Gasteiger partial charge >= 0.3 is 12.1 Å². The van der Waals surface area contributed by atoms with Crippen molar-refractivity contribution in [2.24, 2.45) is 0 Å². The first kappa shape index (κ1) is 15.7. The zero-order chi connectivity index (χ0) is 12.3. The SMILES string of the molecule is CC(C)(C)OC(=O)N1CCOCC1C(=O)O.N. The number of amides is 1. The molecule has 1 atom stereocenters. The van der Waals surface area contributed by atoms with E-state index in [-0.39, 0.29) is 19.3 Å². The molecule has 7 heteroatoms. The summed E-state index contributed by atoms with van der Waals surface area (Å²) >= 11 is 0. The quantitative estimate of drug-likeness (QED) is 0.712. The molecule has 100 valence electrons.